The lowest BCUT2D eigenvalue weighted by Gasteiger charge is -2.03. The van der Waals surface area contributed by atoms with Crippen LogP contribution in [0.4, 0.5) is 11.4 Å². The fraction of sp³-hybridized carbons (Fsp3) is 0. The Bertz CT molecular complexity index is 642. The molecule has 2 N–H and O–H groups in total. The zero-order chi connectivity index (χ0) is 13.1. The Morgan fingerprint density at radius 1 is 1.11 bits per heavy atom. The molecule has 0 saturated heterocycles. The first kappa shape index (κ1) is 11.6. The van der Waals surface area contributed by atoms with Gasteiger partial charge in [0.25, 0.3) is 5.69 Å². The zero-order valence-electron chi connectivity index (χ0n) is 9.33. The van der Waals surface area contributed by atoms with E-state index in [1.54, 1.807) is 30.3 Å². The summed E-state index contributed by atoms with van der Waals surface area (Å²) in [6, 6.07) is 13.5. The van der Waals surface area contributed by atoms with Gasteiger partial charge in [-0.15, -0.1) is 0 Å². The summed E-state index contributed by atoms with van der Waals surface area (Å²) in [6.07, 6.45) is 0. The van der Waals surface area contributed by atoms with Crippen LogP contribution in [0, 0.1) is 21.4 Å². The number of nitrogen functional groups attached to an aromatic ring is 1. The van der Waals surface area contributed by atoms with Gasteiger partial charge in [0.1, 0.15) is 5.69 Å². The van der Waals surface area contributed by atoms with Gasteiger partial charge in [0.05, 0.1) is 16.6 Å². The van der Waals surface area contributed by atoms with Crippen molar-refractivity contribution >= 4 is 11.4 Å². The predicted molar refractivity (Wildman–Crippen MR) is 67.7 cm³/mol. The van der Waals surface area contributed by atoms with E-state index in [0.717, 1.165) is 5.56 Å². The van der Waals surface area contributed by atoms with Gasteiger partial charge >= 0.3 is 0 Å². The molecule has 0 atom stereocenters. The minimum atomic E-state index is -0.511. The summed E-state index contributed by atoms with van der Waals surface area (Å²) in [4.78, 5) is 10.3. The van der Waals surface area contributed by atoms with Crippen molar-refractivity contribution in [3.05, 3.63) is 58.1 Å². The van der Waals surface area contributed by atoms with Gasteiger partial charge in [0, 0.05) is 6.07 Å². The monoisotopic (exact) mass is 239 g/mol. The molecule has 0 unspecified atom stereocenters. The second kappa shape index (κ2) is 4.55. The highest BCUT2D eigenvalue weighted by atomic mass is 16.6. The third kappa shape index (κ3) is 2.13. The van der Waals surface area contributed by atoms with Crippen LogP contribution in [0.25, 0.3) is 11.1 Å². The van der Waals surface area contributed by atoms with Crippen LogP contribution in [-0.4, -0.2) is 4.92 Å². The third-order valence-corrected chi connectivity index (χ3v) is 2.57. The number of hydrogen-bond donors (Lipinski definition) is 1. The average Bonchev–Trinajstić information content (AvgIpc) is 2.39. The summed E-state index contributed by atoms with van der Waals surface area (Å²) in [5.41, 5.74) is 7.59. The van der Waals surface area contributed by atoms with Gasteiger partial charge in [0.15, 0.2) is 0 Å². The Kier molecular flexibility index (Phi) is 2.94. The van der Waals surface area contributed by atoms with E-state index in [-0.39, 0.29) is 11.4 Å². The first-order chi connectivity index (χ1) is 8.61. The number of nitro benzene ring substituents is 1. The van der Waals surface area contributed by atoms with Crippen LogP contribution < -0.4 is 5.73 Å². The minimum absolute atomic E-state index is 0.114. The van der Waals surface area contributed by atoms with E-state index in [2.05, 4.69) is 0 Å². The lowest BCUT2D eigenvalue weighted by molar-refractivity contribution is -0.383. The van der Waals surface area contributed by atoms with Crippen molar-refractivity contribution in [2.24, 2.45) is 0 Å². The van der Waals surface area contributed by atoms with Gasteiger partial charge in [0.2, 0.25) is 0 Å². The van der Waals surface area contributed by atoms with E-state index in [1.807, 2.05) is 6.07 Å². The maximum atomic E-state index is 10.8. The second-order valence-electron chi connectivity index (χ2n) is 3.72. The SMILES string of the molecule is N#Cc1ccc(-c2ccc(N)c([N+](=O)[O-])c2)cc1. The Morgan fingerprint density at radius 2 is 1.72 bits per heavy atom. The molecule has 2 aromatic rings. The van der Waals surface area contributed by atoms with Crippen molar-refractivity contribution in [1.82, 2.24) is 0 Å². The standard InChI is InChI=1S/C13H9N3O2/c14-8-9-1-3-10(4-2-9)11-5-6-12(15)13(7-11)16(17)18/h1-7H,15H2. The molecule has 5 heteroatoms. The van der Waals surface area contributed by atoms with E-state index in [1.165, 1.54) is 12.1 Å². The summed E-state index contributed by atoms with van der Waals surface area (Å²) in [6.45, 7) is 0. The van der Waals surface area contributed by atoms with E-state index in [0.29, 0.717) is 11.1 Å². The number of nitro groups is 1. The quantitative estimate of drug-likeness (QED) is 0.495. The van der Waals surface area contributed by atoms with Crippen molar-refractivity contribution in [3.8, 4) is 17.2 Å². The molecule has 18 heavy (non-hydrogen) atoms. The van der Waals surface area contributed by atoms with Crippen LogP contribution in [0.3, 0.4) is 0 Å². The summed E-state index contributed by atoms with van der Waals surface area (Å²) in [5.74, 6) is 0. The van der Waals surface area contributed by atoms with Gasteiger partial charge in [-0.2, -0.15) is 5.26 Å². The van der Waals surface area contributed by atoms with E-state index in [9.17, 15) is 10.1 Å². The van der Waals surface area contributed by atoms with Crippen LogP contribution in [-0.2, 0) is 0 Å². The maximum Gasteiger partial charge on any atom is 0.292 e. The van der Waals surface area contributed by atoms with Crippen molar-refractivity contribution in [2.75, 3.05) is 5.73 Å². The molecule has 88 valence electrons. The second-order valence-corrected chi connectivity index (χ2v) is 3.72. The molecule has 0 saturated carbocycles. The molecule has 0 radical (unpaired) electrons. The third-order valence-electron chi connectivity index (χ3n) is 2.57. The Balaban J connectivity index is 2.48. The predicted octanol–water partition coefficient (Wildman–Crippen LogP) is 2.72. The normalized spacial score (nSPS) is 9.72. The van der Waals surface area contributed by atoms with Crippen molar-refractivity contribution in [2.45, 2.75) is 0 Å². The van der Waals surface area contributed by atoms with Crippen LogP contribution in [0.1, 0.15) is 5.56 Å². The Labute approximate surface area is 103 Å². The van der Waals surface area contributed by atoms with Crippen LogP contribution in [0.5, 0.6) is 0 Å². The van der Waals surface area contributed by atoms with Crippen molar-refractivity contribution in [3.63, 3.8) is 0 Å². The fourth-order valence-electron chi connectivity index (χ4n) is 1.62. The smallest absolute Gasteiger partial charge is 0.292 e. The van der Waals surface area contributed by atoms with E-state index in [4.69, 9.17) is 11.0 Å². The molecule has 2 aromatic carbocycles. The topological polar surface area (TPSA) is 93.0 Å². The highest BCUT2D eigenvalue weighted by molar-refractivity contribution is 5.72. The van der Waals surface area contributed by atoms with Gasteiger partial charge in [-0.3, -0.25) is 10.1 Å². The lowest BCUT2D eigenvalue weighted by Crippen LogP contribution is -1.95. The number of hydrogen-bond acceptors (Lipinski definition) is 4. The van der Waals surface area contributed by atoms with Crippen LogP contribution in [0.15, 0.2) is 42.5 Å². The largest absolute Gasteiger partial charge is 0.393 e. The summed E-state index contributed by atoms with van der Waals surface area (Å²) < 4.78 is 0. The highest BCUT2D eigenvalue weighted by Crippen LogP contribution is 2.28. The summed E-state index contributed by atoms with van der Waals surface area (Å²) >= 11 is 0. The van der Waals surface area contributed by atoms with Gasteiger partial charge in [-0.25, -0.2) is 0 Å². The molecule has 2 rings (SSSR count). The first-order valence-electron chi connectivity index (χ1n) is 5.16. The number of nitrogens with zero attached hydrogens (tertiary/aromatic N) is 2. The average molecular weight is 239 g/mol. The molecule has 0 aliphatic heterocycles. The van der Waals surface area contributed by atoms with Crippen LogP contribution >= 0.6 is 0 Å². The summed E-state index contributed by atoms with van der Waals surface area (Å²) in [5, 5.41) is 19.5. The highest BCUT2D eigenvalue weighted by Gasteiger charge is 2.12. The van der Waals surface area contributed by atoms with Crippen LogP contribution in [0.2, 0.25) is 0 Å². The van der Waals surface area contributed by atoms with Gasteiger partial charge in [-0.05, 0) is 29.3 Å². The molecule has 0 aromatic heterocycles. The van der Waals surface area contributed by atoms with Gasteiger partial charge in [-0.1, -0.05) is 18.2 Å². The summed E-state index contributed by atoms with van der Waals surface area (Å²) in [7, 11) is 0. The Morgan fingerprint density at radius 3 is 2.28 bits per heavy atom. The number of benzene rings is 2. The van der Waals surface area contributed by atoms with Gasteiger partial charge < -0.3 is 5.73 Å². The molecule has 5 nitrogen and oxygen atoms in total. The number of nitriles is 1. The number of anilines is 1. The maximum absolute atomic E-state index is 10.8. The van der Waals surface area contributed by atoms with E-state index < -0.39 is 4.92 Å². The molecule has 0 aliphatic carbocycles. The van der Waals surface area contributed by atoms with Crippen molar-refractivity contribution in [1.29, 1.82) is 5.26 Å². The lowest BCUT2D eigenvalue weighted by atomic mass is 10.0. The fourth-order valence-corrected chi connectivity index (χ4v) is 1.62. The molecule has 0 heterocycles. The van der Waals surface area contributed by atoms with E-state index >= 15 is 0 Å². The zero-order valence-corrected chi connectivity index (χ0v) is 9.33. The molecule has 0 spiro atoms. The van der Waals surface area contributed by atoms with Crippen molar-refractivity contribution < 1.29 is 4.92 Å². The number of nitrogens with two attached hydrogens (primary N) is 1. The molecular weight excluding hydrogens is 230 g/mol. The molecule has 0 bridgehead atoms. The minimum Gasteiger partial charge on any atom is -0.393 e. The number of rotatable bonds is 2. The molecule has 0 aliphatic rings. The molecule has 0 fully saturated rings. The molecule has 0 amide bonds. The molecular formula is C13H9N3O2. The first-order valence-corrected chi connectivity index (χ1v) is 5.16. The Hall–Kier alpha value is -2.87.